The van der Waals surface area contributed by atoms with Gasteiger partial charge in [0.25, 0.3) is 0 Å². The molecule has 1 aromatic rings. The van der Waals surface area contributed by atoms with E-state index in [1.165, 1.54) is 16.4 Å². The van der Waals surface area contributed by atoms with Crippen LogP contribution in [0.2, 0.25) is 0 Å². The van der Waals surface area contributed by atoms with E-state index in [0.29, 0.717) is 0 Å². The zero-order chi connectivity index (χ0) is 15.6. The van der Waals surface area contributed by atoms with Crippen molar-refractivity contribution in [1.82, 2.24) is 4.31 Å². The number of aliphatic carboxylic acids is 1. The second-order valence-electron chi connectivity index (χ2n) is 5.35. The van der Waals surface area contributed by atoms with Gasteiger partial charge >= 0.3 is 5.97 Å². The summed E-state index contributed by atoms with van der Waals surface area (Å²) in [6.45, 7) is 5.17. The molecule has 0 heterocycles. The third-order valence-electron chi connectivity index (χ3n) is 2.68. The summed E-state index contributed by atoms with van der Waals surface area (Å²) in [6, 6.07) is 6.29. The monoisotopic (exact) mass is 363 g/mol. The van der Waals surface area contributed by atoms with Crippen LogP contribution >= 0.6 is 15.9 Å². The summed E-state index contributed by atoms with van der Waals surface area (Å²) in [6.07, 6.45) is -0.229. The van der Waals surface area contributed by atoms with Crippen molar-refractivity contribution in [2.24, 2.45) is 0 Å². The molecule has 0 aliphatic rings. The van der Waals surface area contributed by atoms with Crippen LogP contribution in [0.4, 0.5) is 0 Å². The van der Waals surface area contributed by atoms with E-state index in [2.05, 4.69) is 15.9 Å². The highest BCUT2D eigenvalue weighted by Gasteiger charge is 2.34. The van der Waals surface area contributed by atoms with Crippen LogP contribution in [0.5, 0.6) is 0 Å². The number of hydrogen-bond donors (Lipinski definition) is 1. The van der Waals surface area contributed by atoms with Crippen molar-refractivity contribution in [3.8, 4) is 0 Å². The average molecular weight is 364 g/mol. The highest BCUT2D eigenvalue weighted by atomic mass is 79.9. The standard InChI is InChI=1S/C13H18BrNO4S/c1-13(2,3)15(9-8-12(16)17)20(18,19)11-6-4-10(14)5-7-11/h4-7H,8-9H2,1-3H3,(H,16,17). The zero-order valence-corrected chi connectivity index (χ0v) is 14.0. The first-order chi connectivity index (χ1) is 9.05. The summed E-state index contributed by atoms with van der Waals surface area (Å²) < 4.78 is 27.2. The van der Waals surface area contributed by atoms with Crippen molar-refractivity contribution in [2.45, 2.75) is 37.6 Å². The lowest BCUT2D eigenvalue weighted by Gasteiger charge is -2.34. The Balaban J connectivity index is 3.17. The number of nitrogens with zero attached hydrogens (tertiary/aromatic N) is 1. The highest BCUT2D eigenvalue weighted by Crippen LogP contribution is 2.25. The van der Waals surface area contributed by atoms with E-state index in [1.807, 2.05) is 0 Å². The number of hydrogen-bond acceptors (Lipinski definition) is 3. The molecule has 0 aliphatic heterocycles. The van der Waals surface area contributed by atoms with E-state index in [4.69, 9.17) is 5.11 Å². The van der Waals surface area contributed by atoms with Crippen LogP contribution in [0.15, 0.2) is 33.6 Å². The van der Waals surface area contributed by atoms with Gasteiger partial charge < -0.3 is 5.11 Å². The molecule has 0 atom stereocenters. The van der Waals surface area contributed by atoms with E-state index < -0.39 is 21.5 Å². The quantitative estimate of drug-likeness (QED) is 0.872. The Kier molecular flexibility index (Phi) is 5.34. The van der Waals surface area contributed by atoms with Crippen molar-refractivity contribution in [3.63, 3.8) is 0 Å². The number of carbonyl (C=O) groups is 1. The van der Waals surface area contributed by atoms with Gasteiger partial charge in [0.15, 0.2) is 0 Å². The van der Waals surface area contributed by atoms with Gasteiger partial charge in [-0.25, -0.2) is 8.42 Å². The predicted octanol–water partition coefficient (Wildman–Crippen LogP) is 2.71. The van der Waals surface area contributed by atoms with Gasteiger partial charge in [-0.3, -0.25) is 4.79 Å². The minimum absolute atomic E-state index is 0.0583. The molecule has 0 spiro atoms. The van der Waals surface area contributed by atoms with Crippen molar-refractivity contribution in [3.05, 3.63) is 28.7 Å². The Bertz CT molecular complexity index is 575. The second-order valence-corrected chi connectivity index (χ2v) is 8.12. The molecule has 1 aromatic carbocycles. The maximum Gasteiger partial charge on any atom is 0.304 e. The van der Waals surface area contributed by atoms with Gasteiger partial charge in [-0.05, 0) is 45.0 Å². The number of rotatable bonds is 5. The lowest BCUT2D eigenvalue weighted by molar-refractivity contribution is -0.137. The average Bonchev–Trinajstić information content (AvgIpc) is 2.26. The lowest BCUT2D eigenvalue weighted by atomic mass is 10.1. The Morgan fingerprint density at radius 3 is 2.15 bits per heavy atom. The van der Waals surface area contributed by atoms with Crippen LogP contribution in [0.25, 0.3) is 0 Å². The van der Waals surface area contributed by atoms with Gasteiger partial charge in [0, 0.05) is 16.6 Å². The number of carboxylic acid groups (broad SMARTS) is 1. The molecule has 7 heteroatoms. The van der Waals surface area contributed by atoms with Gasteiger partial charge in [0.2, 0.25) is 10.0 Å². The van der Waals surface area contributed by atoms with Gasteiger partial charge in [-0.1, -0.05) is 15.9 Å². The van der Waals surface area contributed by atoms with Gasteiger partial charge in [-0.2, -0.15) is 4.31 Å². The molecule has 5 nitrogen and oxygen atoms in total. The largest absolute Gasteiger partial charge is 0.481 e. The molecule has 0 aromatic heterocycles. The van der Waals surface area contributed by atoms with Crippen LogP contribution in [-0.4, -0.2) is 35.9 Å². The Labute approximate surface area is 127 Å². The molecule has 20 heavy (non-hydrogen) atoms. The predicted molar refractivity (Wildman–Crippen MR) is 80.0 cm³/mol. The van der Waals surface area contributed by atoms with E-state index >= 15 is 0 Å². The minimum Gasteiger partial charge on any atom is -0.481 e. The van der Waals surface area contributed by atoms with E-state index in [0.717, 1.165) is 4.47 Å². The number of halogens is 1. The summed E-state index contributed by atoms with van der Waals surface area (Å²) in [4.78, 5) is 10.9. The fourth-order valence-electron chi connectivity index (χ4n) is 1.75. The van der Waals surface area contributed by atoms with Crippen LogP contribution in [0, 0.1) is 0 Å². The lowest BCUT2D eigenvalue weighted by Crippen LogP contribution is -2.46. The molecular formula is C13H18BrNO4S. The van der Waals surface area contributed by atoms with Crippen LogP contribution in [0.1, 0.15) is 27.2 Å². The smallest absolute Gasteiger partial charge is 0.304 e. The number of sulfonamides is 1. The van der Waals surface area contributed by atoms with Crippen LogP contribution in [0.3, 0.4) is 0 Å². The fraction of sp³-hybridized carbons (Fsp3) is 0.462. The van der Waals surface area contributed by atoms with Crippen molar-refractivity contribution >= 4 is 31.9 Å². The van der Waals surface area contributed by atoms with Crippen molar-refractivity contribution < 1.29 is 18.3 Å². The molecule has 0 unspecified atom stereocenters. The molecule has 0 radical (unpaired) electrons. The Morgan fingerprint density at radius 1 is 1.25 bits per heavy atom. The van der Waals surface area contributed by atoms with E-state index in [-0.39, 0.29) is 17.9 Å². The first-order valence-electron chi connectivity index (χ1n) is 6.05. The number of benzene rings is 1. The summed E-state index contributed by atoms with van der Waals surface area (Å²) in [5, 5.41) is 8.77. The SMILES string of the molecule is CC(C)(C)N(CCC(=O)O)S(=O)(=O)c1ccc(Br)cc1. The van der Waals surface area contributed by atoms with Gasteiger partial charge in [-0.15, -0.1) is 0 Å². The first-order valence-corrected chi connectivity index (χ1v) is 8.28. The molecule has 0 saturated carbocycles. The molecule has 112 valence electrons. The van der Waals surface area contributed by atoms with Gasteiger partial charge in [0.05, 0.1) is 11.3 Å². The van der Waals surface area contributed by atoms with E-state index in [1.54, 1.807) is 32.9 Å². The summed E-state index contributed by atoms with van der Waals surface area (Å²) in [5.74, 6) is -1.02. The number of carboxylic acids is 1. The maximum atomic E-state index is 12.6. The zero-order valence-electron chi connectivity index (χ0n) is 11.6. The highest BCUT2D eigenvalue weighted by molar-refractivity contribution is 9.10. The maximum absolute atomic E-state index is 12.6. The second kappa shape index (κ2) is 6.24. The van der Waals surface area contributed by atoms with Crippen molar-refractivity contribution in [1.29, 1.82) is 0 Å². The summed E-state index contributed by atoms with van der Waals surface area (Å²) in [7, 11) is -3.72. The Hall–Kier alpha value is -0.920. The molecule has 0 fully saturated rings. The molecule has 0 aliphatic carbocycles. The summed E-state index contributed by atoms with van der Waals surface area (Å²) >= 11 is 3.25. The molecule has 1 rings (SSSR count). The normalized spacial score (nSPS) is 12.7. The topological polar surface area (TPSA) is 74.7 Å². The third kappa shape index (κ3) is 4.29. The fourth-order valence-corrected chi connectivity index (χ4v) is 3.80. The molecular weight excluding hydrogens is 346 g/mol. The summed E-state index contributed by atoms with van der Waals surface area (Å²) in [5.41, 5.74) is -0.693. The molecule has 0 saturated heterocycles. The Morgan fingerprint density at radius 2 is 1.75 bits per heavy atom. The third-order valence-corrected chi connectivity index (χ3v) is 5.39. The van der Waals surface area contributed by atoms with Gasteiger partial charge in [0.1, 0.15) is 0 Å². The first kappa shape index (κ1) is 17.1. The van der Waals surface area contributed by atoms with Crippen LogP contribution in [-0.2, 0) is 14.8 Å². The minimum atomic E-state index is -3.72. The van der Waals surface area contributed by atoms with Crippen molar-refractivity contribution in [2.75, 3.05) is 6.54 Å². The molecule has 1 N–H and O–H groups in total. The molecule has 0 bridgehead atoms. The van der Waals surface area contributed by atoms with E-state index in [9.17, 15) is 13.2 Å². The van der Waals surface area contributed by atoms with Crippen LogP contribution < -0.4 is 0 Å². The molecule has 0 amide bonds.